The number of carbonyl (C=O) groups excluding carboxylic acids is 1. The second-order valence-electron chi connectivity index (χ2n) is 7.22. The predicted octanol–water partition coefficient (Wildman–Crippen LogP) is 4.05. The van der Waals surface area contributed by atoms with Gasteiger partial charge >= 0.3 is 0 Å². The number of nitrogens with zero attached hydrogens (tertiary/aromatic N) is 1. The SMILES string of the molecule is COc1ccc(S(=O)(=O)N(C)c2ccc(C(=O)NCC(C)c3ccccc3)cc2)cc1. The summed E-state index contributed by atoms with van der Waals surface area (Å²) >= 11 is 0. The van der Waals surface area contributed by atoms with Crippen molar-refractivity contribution in [1.82, 2.24) is 5.32 Å². The fourth-order valence-electron chi connectivity index (χ4n) is 3.11. The van der Waals surface area contributed by atoms with Crippen molar-refractivity contribution in [3.8, 4) is 5.75 Å². The van der Waals surface area contributed by atoms with Crippen LogP contribution in [0, 0.1) is 0 Å². The largest absolute Gasteiger partial charge is 0.497 e. The summed E-state index contributed by atoms with van der Waals surface area (Å²) in [6.07, 6.45) is 0. The van der Waals surface area contributed by atoms with Crippen LogP contribution in [-0.4, -0.2) is 35.0 Å². The molecule has 7 heteroatoms. The number of carbonyl (C=O) groups is 1. The first-order valence-electron chi connectivity index (χ1n) is 9.89. The molecule has 162 valence electrons. The highest BCUT2D eigenvalue weighted by Gasteiger charge is 2.21. The number of amides is 1. The summed E-state index contributed by atoms with van der Waals surface area (Å²) in [7, 11) is -0.719. The topological polar surface area (TPSA) is 75.7 Å². The standard InChI is InChI=1S/C24H26N2O4S/c1-18(19-7-5-4-6-8-19)17-25-24(27)20-9-11-21(12-10-20)26(2)31(28,29)23-15-13-22(30-3)14-16-23/h4-16,18H,17H2,1-3H3,(H,25,27). The quantitative estimate of drug-likeness (QED) is 0.576. The molecule has 1 N–H and O–H groups in total. The lowest BCUT2D eigenvalue weighted by Crippen LogP contribution is -2.28. The Labute approximate surface area is 183 Å². The molecule has 0 aliphatic heterocycles. The van der Waals surface area contributed by atoms with Gasteiger partial charge in [0.15, 0.2) is 0 Å². The summed E-state index contributed by atoms with van der Waals surface area (Å²) < 4.78 is 32.0. The molecule has 0 saturated carbocycles. The molecule has 0 aromatic heterocycles. The molecule has 6 nitrogen and oxygen atoms in total. The molecular weight excluding hydrogens is 412 g/mol. The normalized spacial score (nSPS) is 12.1. The molecule has 0 aliphatic carbocycles. The first-order valence-corrected chi connectivity index (χ1v) is 11.3. The van der Waals surface area contributed by atoms with E-state index in [1.165, 1.54) is 30.6 Å². The molecule has 0 heterocycles. The number of benzene rings is 3. The number of methoxy groups -OCH3 is 1. The van der Waals surface area contributed by atoms with Crippen LogP contribution in [0.25, 0.3) is 0 Å². The van der Waals surface area contributed by atoms with E-state index in [9.17, 15) is 13.2 Å². The summed E-state index contributed by atoms with van der Waals surface area (Å²) in [5, 5.41) is 2.93. The monoisotopic (exact) mass is 438 g/mol. The van der Waals surface area contributed by atoms with E-state index in [1.807, 2.05) is 30.3 Å². The molecule has 1 atom stereocenters. The van der Waals surface area contributed by atoms with Crippen molar-refractivity contribution >= 4 is 21.6 Å². The molecule has 0 fully saturated rings. The maximum absolute atomic E-state index is 12.9. The minimum atomic E-state index is -3.72. The number of hydrogen-bond acceptors (Lipinski definition) is 4. The Bertz CT molecular complexity index is 1110. The molecule has 0 radical (unpaired) electrons. The molecule has 0 bridgehead atoms. The zero-order valence-corrected chi connectivity index (χ0v) is 18.6. The summed E-state index contributed by atoms with van der Waals surface area (Å²) in [6, 6.07) is 22.7. The Morgan fingerprint density at radius 3 is 2.16 bits per heavy atom. The van der Waals surface area contributed by atoms with Gasteiger partial charge in [-0.2, -0.15) is 0 Å². The zero-order chi connectivity index (χ0) is 22.4. The number of rotatable bonds is 8. The van der Waals surface area contributed by atoms with Gasteiger partial charge in [-0.15, -0.1) is 0 Å². The molecule has 1 amide bonds. The van der Waals surface area contributed by atoms with Gasteiger partial charge < -0.3 is 10.1 Å². The highest BCUT2D eigenvalue weighted by molar-refractivity contribution is 7.92. The molecule has 3 aromatic rings. The van der Waals surface area contributed by atoms with E-state index in [1.54, 1.807) is 36.4 Å². The van der Waals surface area contributed by atoms with Crippen molar-refractivity contribution < 1.29 is 17.9 Å². The van der Waals surface area contributed by atoms with Gasteiger partial charge in [0.2, 0.25) is 0 Å². The molecule has 0 spiro atoms. The third-order valence-corrected chi connectivity index (χ3v) is 6.95. The molecule has 0 saturated heterocycles. The Morgan fingerprint density at radius 2 is 1.58 bits per heavy atom. The van der Waals surface area contributed by atoms with Crippen LogP contribution in [-0.2, 0) is 10.0 Å². The van der Waals surface area contributed by atoms with E-state index >= 15 is 0 Å². The van der Waals surface area contributed by atoms with Crippen LogP contribution in [0.15, 0.2) is 83.8 Å². The van der Waals surface area contributed by atoms with Crippen LogP contribution < -0.4 is 14.4 Å². The van der Waals surface area contributed by atoms with Gasteiger partial charge in [-0.1, -0.05) is 37.3 Å². The molecule has 3 rings (SSSR count). The van der Waals surface area contributed by atoms with E-state index < -0.39 is 10.0 Å². The van der Waals surface area contributed by atoms with Gasteiger partial charge in [0, 0.05) is 19.2 Å². The number of sulfonamides is 1. The molecular formula is C24H26N2O4S. The summed E-state index contributed by atoms with van der Waals surface area (Å²) in [5.41, 5.74) is 2.09. The maximum atomic E-state index is 12.9. The average molecular weight is 439 g/mol. The van der Waals surface area contributed by atoms with Crippen LogP contribution in [0.5, 0.6) is 5.75 Å². The smallest absolute Gasteiger partial charge is 0.264 e. The maximum Gasteiger partial charge on any atom is 0.264 e. The Kier molecular flexibility index (Phi) is 6.97. The average Bonchev–Trinajstić information content (AvgIpc) is 2.82. The van der Waals surface area contributed by atoms with Gasteiger partial charge in [-0.3, -0.25) is 9.10 Å². The van der Waals surface area contributed by atoms with Crippen molar-refractivity contribution in [2.75, 3.05) is 25.0 Å². The Morgan fingerprint density at radius 1 is 0.968 bits per heavy atom. The van der Waals surface area contributed by atoms with Gasteiger partial charge in [0.25, 0.3) is 15.9 Å². The van der Waals surface area contributed by atoms with Crippen molar-refractivity contribution in [3.63, 3.8) is 0 Å². The van der Waals surface area contributed by atoms with Crippen molar-refractivity contribution in [2.24, 2.45) is 0 Å². The fourth-order valence-corrected chi connectivity index (χ4v) is 4.31. The molecule has 0 aliphatic rings. The van der Waals surface area contributed by atoms with E-state index in [-0.39, 0.29) is 16.7 Å². The van der Waals surface area contributed by atoms with Crippen molar-refractivity contribution in [3.05, 3.63) is 90.0 Å². The second kappa shape index (κ2) is 9.66. The van der Waals surface area contributed by atoms with Crippen molar-refractivity contribution in [1.29, 1.82) is 0 Å². The third kappa shape index (κ3) is 5.24. The summed E-state index contributed by atoms with van der Waals surface area (Å²) in [5.74, 6) is 0.568. The first kappa shape index (κ1) is 22.4. The third-order valence-electron chi connectivity index (χ3n) is 5.15. The Balaban J connectivity index is 1.66. The van der Waals surface area contributed by atoms with Crippen molar-refractivity contribution in [2.45, 2.75) is 17.7 Å². The highest BCUT2D eigenvalue weighted by Crippen LogP contribution is 2.24. The van der Waals surface area contributed by atoms with Crippen LogP contribution in [0.1, 0.15) is 28.8 Å². The fraction of sp³-hybridized carbons (Fsp3) is 0.208. The van der Waals surface area contributed by atoms with Gasteiger partial charge in [-0.05, 0) is 60.0 Å². The van der Waals surface area contributed by atoms with Gasteiger partial charge in [-0.25, -0.2) is 8.42 Å². The Hall–Kier alpha value is -3.32. The van der Waals surface area contributed by atoms with Crippen LogP contribution >= 0.6 is 0 Å². The van der Waals surface area contributed by atoms with Gasteiger partial charge in [0.1, 0.15) is 5.75 Å². The number of nitrogens with one attached hydrogen (secondary N) is 1. The molecule has 1 unspecified atom stereocenters. The van der Waals surface area contributed by atoms with Crippen LogP contribution in [0.4, 0.5) is 5.69 Å². The number of anilines is 1. The second-order valence-corrected chi connectivity index (χ2v) is 9.19. The van der Waals surface area contributed by atoms with E-state index in [0.29, 0.717) is 23.5 Å². The zero-order valence-electron chi connectivity index (χ0n) is 17.8. The first-order chi connectivity index (χ1) is 14.8. The molecule has 31 heavy (non-hydrogen) atoms. The summed E-state index contributed by atoms with van der Waals surface area (Å²) in [6.45, 7) is 2.56. The van der Waals surface area contributed by atoms with E-state index in [4.69, 9.17) is 4.74 Å². The number of ether oxygens (including phenoxy) is 1. The highest BCUT2D eigenvalue weighted by atomic mass is 32.2. The lowest BCUT2D eigenvalue weighted by Gasteiger charge is -2.20. The van der Waals surface area contributed by atoms with Gasteiger partial charge in [0.05, 0.1) is 17.7 Å². The summed E-state index contributed by atoms with van der Waals surface area (Å²) in [4.78, 5) is 12.6. The molecule has 3 aromatic carbocycles. The van der Waals surface area contributed by atoms with Crippen LogP contribution in [0.3, 0.4) is 0 Å². The lowest BCUT2D eigenvalue weighted by atomic mass is 10.0. The van der Waals surface area contributed by atoms with Crippen LogP contribution in [0.2, 0.25) is 0 Å². The predicted molar refractivity (Wildman–Crippen MR) is 122 cm³/mol. The number of hydrogen-bond donors (Lipinski definition) is 1. The lowest BCUT2D eigenvalue weighted by molar-refractivity contribution is 0.0951. The minimum Gasteiger partial charge on any atom is -0.497 e. The van der Waals surface area contributed by atoms with E-state index in [0.717, 1.165) is 5.56 Å². The van der Waals surface area contributed by atoms with E-state index in [2.05, 4.69) is 12.2 Å². The minimum absolute atomic E-state index is 0.160.